The van der Waals surface area contributed by atoms with Gasteiger partial charge in [0.25, 0.3) is 0 Å². The molecule has 0 spiro atoms. The molecule has 5 heterocycles. The normalized spacial score (nSPS) is 15.1. The van der Waals surface area contributed by atoms with Crippen molar-refractivity contribution in [3.8, 4) is 11.5 Å². The molecule has 4 aromatic heterocycles. The van der Waals surface area contributed by atoms with Crippen molar-refractivity contribution in [1.29, 1.82) is 0 Å². The number of rotatable bonds is 5. The molecule has 0 bridgehead atoms. The number of benzene rings is 1. The Morgan fingerprint density at radius 2 is 1.86 bits per heavy atom. The Hall–Kier alpha value is -4.19. The fraction of sp³-hybridized carbons (Fsp3) is 0.280. The summed E-state index contributed by atoms with van der Waals surface area (Å²) in [5, 5.41) is 16.6. The van der Waals surface area contributed by atoms with Gasteiger partial charge in [0, 0.05) is 37.3 Å². The molecule has 0 amide bonds. The van der Waals surface area contributed by atoms with Gasteiger partial charge >= 0.3 is 6.18 Å². The number of fused-ring (bicyclic) bond motifs is 2. The van der Waals surface area contributed by atoms with Gasteiger partial charge in [0.1, 0.15) is 5.69 Å². The predicted molar refractivity (Wildman–Crippen MR) is 132 cm³/mol. The standard InChI is InChI=1S/C25H23F3N8O/c1-34-6-8-35(9-7-34)17-13-18-20(29-14-17)11-16(25(26,27)28)12-21(18)30-15-24-32-31-23-5-4-19(33-36(23)24)22-3-2-10-37-22/h2-5,10-14,30H,6-9,15H2,1H3. The Morgan fingerprint density at radius 1 is 1.03 bits per heavy atom. The van der Waals surface area contributed by atoms with E-state index in [0.29, 0.717) is 34.0 Å². The molecule has 6 rings (SSSR count). The van der Waals surface area contributed by atoms with Gasteiger partial charge < -0.3 is 19.5 Å². The summed E-state index contributed by atoms with van der Waals surface area (Å²) >= 11 is 0. The van der Waals surface area contributed by atoms with E-state index in [1.165, 1.54) is 0 Å². The van der Waals surface area contributed by atoms with Gasteiger partial charge in [0.2, 0.25) is 0 Å². The first-order valence-corrected chi connectivity index (χ1v) is 11.8. The summed E-state index contributed by atoms with van der Waals surface area (Å²) in [4.78, 5) is 8.83. The number of hydrogen-bond acceptors (Lipinski definition) is 8. The minimum atomic E-state index is -4.51. The zero-order valence-corrected chi connectivity index (χ0v) is 19.9. The number of nitrogens with one attached hydrogen (secondary N) is 1. The lowest BCUT2D eigenvalue weighted by Crippen LogP contribution is -2.44. The molecule has 0 aliphatic carbocycles. The summed E-state index contributed by atoms with van der Waals surface area (Å²) in [5.74, 6) is 1.03. The summed E-state index contributed by atoms with van der Waals surface area (Å²) in [6.07, 6.45) is -1.31. The van der Waals surface area contributed by atoms with E-state index in [0.717, 1.165) is 44.0 Å². The Balaban J connectivity index is 1.36. The van der Waals surface area contributed by atoms with E-state index < -0.39 is 11.7 Å². The zero-order valence-electron chi connectivity index (χ0n) is 19.9. The van der Waals surface area contributed by atoms with Crippen LogP contribution in [0, 0.1) is 0 Å². The third-order valence-electron chi connectivity index (χ3n) is 6.52. The lowest BCUT2D eigenvalue weighted by molar-refractivity contribution is -0.137. The molecule has 9 nitrogen and oxygen atoms in total. The number of furan rings is 1. The van der Waals surface area contributed by atoms with Crippen LogP contribution in [0.15, 0.2) is 59.3 Å². The topological polar surface area (TPSA) is 87.6 Å². The number of aromatic nitrogens is 5. The van der Waals surface area contributed by atoms with Crippen LogP contribution in [0.25, 0.3) is 28.0 Å². The summed E-state index contributed by atoms with van der Waals surface area (Å²) in [5.41, 5.74) is 1.78. The van der Waals surface area contributed by atoms with Crippen molar-refractivity contribution in [3.63, 3.8) is 0 Å². The van der Waals surface area contributed by atoms with E-state index in [2.05, 4.69) is 42.4 Å². The molecule has 0 saturated carbocycles. The first-order valence-electron chi connectivity index (χ1n) is 11.8. The first kappa shape index (κ1) is 23.2. The molecule has 1 N–H and O–H groups in total. The average molecular weight is 509 g/mol. The molecule has 1 fully saturated rings. The number of anilines is 2. The lowest BCUT2D eigenvalue weighted by atomic mass is 10.1. The molecular weight excluding hydrogens is 485 g/mol. The third kappa shape index (κ3) is 4.55. The number of likely N-dealkylation sites (N-methyl/N-ethyl adjacent to an activating group) is 1. The molecule has 0 atom stereocenters. The second-order valence-electron chi connectivity index (χ2n) is 9.01. The van der Waals surface area contributed by atoms with Crippen LogP contribution < -0.4 is 10.2 Å². The smallest absolute Gasteiger partial charge is 0.416 e. The summed E-state index contributed by atoms with van der Waals surface area (Å²) in [7, 11) is 2.07. The maximum Gasteiger partial charge on any atom is 0.416 e. The number of hydrogen-bond donors (Lipinski definition) is 1. The van der Waals surface area contributed by atoms with Crippen molar-refractivity contribution in [1.82, 2.24) is 29.7 Å². The van der Waals surface area contributed by atoms with E-state index in [1.807, 2.05) is 6.07 Å². The number of nitrogens with zero attached hydrogens (tertiary/aromatic N) is 7. The van der Waals surface area contributed by atoms with Gasteiger partial charge in [-0.15, -0.1) is 10.2 Å². The Labute approximate surface area is 209 Å². The fourth-order valence-electron chi connectivity index (χ4n) is 4.44. The van der Waals surface area contributed by atoms with Crippen LogP contribution in [0.1, 0.15) is 11.4 Å². The minimum Gasteiger partial charge on any atom is -0.463 e. The van der Waals surface area contributed by atoms with Gasteiger partial charge in [-0.3, -0.25) is 4.98 Å². The zero-order chi connectivity index (χ0) is 25.6. The molecule has 0 radical (unpaired) electrons. The van der Waals surface area contributed by atoms with E-state index in [1.54, 1.807) is 41.2 Å². The highest BCUT2D eigenvalue weighted by molar-refractivity contribution is 5.94. The monoisotopic (exact) mass is 508 g/mol. The molecule has 12 heteroatoms. The van der Waals surface area contributed by atoms with Crippen LogP contribution in [-0.2, 0) is 12.7 Å². The van der Waals surface area contributed by atoms with Gasteiger partial charge in [0.15, 0.2) is 17.2 Å². The van der Waals surface area contributed by atoms with Crippen molar-refractivity contribution in [2.24, 2.45) is 0 Å². The van der Waals surface area contributed by atoms with Gasteiger partial charge in [0.05, 0.1) is 35.8 Å². The van der Waals surface area contributed by atoms with E-state index >= 15 is 0 Å². The third-order valence-corrected chi connectivity index (χ3v) is 6.52. The highest BCUT2D eigenvalue weighted by Crippen LogP contribution is 2.36. The van der Waals surface area contributed by atoms with E-state index in [4.69, 9.17) is 4.42 Å². The Kier molecular flexibility index (Phi) is 5.67. The van der Waals surface area contributed by atoms with Crippen molar-refractivity contribution >= 4 is 27.9 Å². The molecule has 5 aromatic rings. The Bertz CT molecular complexity index is 1560. The summed E-state index contributed by atoms with van der Waals surface area (Å²) in [6, 6.07) is 11.2. The predicted octanol–water partition coefficient (Wildman–Crippen LogP) is 4.32. The van der Waals surface area contributed by atoms with Crippen molar-refractivity contribution in [2.45, 2.75) is 12.7 Å². The SMILES string of the molecule is CN1CCN(c2cnc3cc(C(F)(F)F)cc(NCc4nnc5ccc(-c6ccco6)nn45)c3c2)CC1. The maximum absolute atomic E-state index is 13.7. The maximum atomic E-state index is 13.7. The number of halogens is 3. The fourth-order valence-corrected chi connectivity index (χ4v) is 4.44. The second kappa shape index (κ2) is 9.04. The largest absolute Gasteiger partial charge is 0.463 e. The second-order valence-corrected chi connectivity index (χ2v) is 9.01. The molecule has 0 unspecified atom stereocenters. The van der Waals surface area contributed by atoms with Crippen molar-refractivity contribution < 1.29 is 17.6 Å². The van der Waals surface area contributed by atoms with Gasteiger partial charge in [-0.05, 0) is 49.5 Å². The molecule has 190 valence electrons. The van der Waals surface area contributed by atoms with Gasteiger partial charge in [-0.1, -0.05) is 0 Å². The number of pyridine rings is 1. The average Bonchev–Trinajstić information content (AvgIpc) is 3.57. The summed E-state index contributed by atoms with van der Waals surface area (Å²) in [6.45, 7) is 3.56. The van der Waals surface area contributed by atoms with Gasteiger partial charge in [-0.2, -0.15) is 22.8 Å². The quantitative estimate of drug-likeness (QED) is 0.376. The van der Waals surface area contributed by atoms with Crippen molar-refractivity contribution in [2.75, 3.05) is 43.4 Å². The molecule has 1 aliphatic heterocycles. The molecule has 37 heavy (non-hydrogen) atoms. The lowest BCUT2D eigenvalue weighted by Gasteiger charge is -2.34. The number of alkyl halides is 3. The number of piperazine rings is 1. The Morgan fingerprint density at radius 3 is 2.62 bits per heavy atom. The van der Waals surface area contributed by atoms with E-state index in [9.17, 15) is 13.2 Å². The molecule has 1 saturated heterocycles. The molecule has 1 aromatic carbocycles. The van der Waals surface area contributed by atoms with Gasteiger partial charge in [-0.25, -0.2) is 0 Å². The van der Waals surface area contributed by atoms with Crippen LogP contribution in [0.5, 0.6) is 0 Å². The summed E-state index contributed by atoms with van der Waals surface area (Å²) < 4.78 is 48.0. The van der Waals surface area contributed by atoms with Crippen LogP contribution in [0.4, 0.5) is 24.5 Å². The van der Waals surface area contributed by atoms with Crippen molar-refractivity contribution in [3.05, 3.63) is 66.3 Å². The van der Waals surface area contributed by atoms with Crippen LogP contribution in [0.3, 0.4) is 0 Å². The highest BCUT2D eigenvalue weighted by Gasteiger charge is 2.32. The minimum absolute atomic E-state index is 0.102. The molecular formula is C25H23F3N8O. The van der Waals surface area contributed by atoms with E-state index in [-0.39, 0.29) is 12.1 Å². The van der Waals surface area contributed by atoms with Crippen LogP contribution >= 0.6 is 0 Å². The molecule has 1 aliphatic rings. The van der Waals surface area contributed by atoms with Crippen LogP contribution in [-0.4, -0.2) is 62.9 Å². The first-order chi connectivity index (χ1) is 17.8. The highest BCUT2D eigenvalue weighted by atomic mass is 19.4. The van der Waals surface area contributed by atoms with Crippen LogP contribution in [0.2, 0.25) is 0 Å².